The van der Waals surface area contributed by atoms with E-state index in [9.17, 15) is 4.79 Å². The molecule has 0 fully saturated rings. The predicted octanol–water partition coefficient (Wildman–Crippen LogP) is 1.93. The predicted molar refractivity (Wildman–Crippen MR) is 72.3 cm³/mol. The van der Waals surface area contributed by atoms with Gasteiger partial charge in [-0.2, -0.15) is 5.10 Å². The fraction of sp³-hybridized carbons (Fsp3) is 0.0714. The number of furan rings is 1. The smallest absolute Gasteiger partial charge is 0.252 e. The molecule has 0 bridgehead atoms. The largest absolute Gasteiger partial charge is 0.460 e. The van der Waals surface area contributed by atoms with Gasteiger partial charge in [0.05, 0.1) is 17.4 Å². The van der Waals surface area contributed by atoms with Crippen LogP contribution in [0.4, 0.5) is 0 Å². The van der Waals surface area contributed by atoms with Crippen molar-refractivity contribution >= 4 is 5.91 Å². The van der Waals surface area contributed by atoms with Crippen molar-refractivity contribution in [2.45, 2.75) is 6.92 Å². The molecule has 3 rings (SSSR count). The first kappa shape index (κ1) is 12.2. The Bertz CT molecular complexity index is 759. The maximum Gasteiger partial charge on any atom is 0.252 e. The SMILES string of the molecule is Cc1ccc(-c2nn(-c3cccnc3)cc2C(N)=O)o1. The van der Waals surface area contributed by atoms with Gasteiger partial charge in [0, 0.05) is 12.4 Å². The molecule has 0 radical (unpaired) electrons. The summed E-state index contributed by atoms with van der Waals surface area (Å²) in [6.07, 6.45) is 4.89. The molecule has 0 aliphatic heterocycles. The molecule has 3 aromatic heterocycles. The van der Waals surface area contributed by atoms with Gasteiger partial charge in [0.25, 0.3) is 5.91 Å². The van der Waals surface area contributed by atoms with E-state index in [1.807, 2.05) is 19.1 Å². The van der Waals surface area contributed by atoms with E-state index in [1.54, 1.807) is 35.4 Å². The van der Waals surface area contributed by atoms with Gasteiger partial charge < -0.3 is 10.2 Å². The van der Waals surface area contributed by atoms with Crippen LogP contribution in [0.2, 0.25) is 0 Å². The zero-order valence-electron chi connectivity index (χ0n) is 10.8. The van der Waals surface area contributed by atoms with E-state index in [2.05, 4.69) is 10.1 Å². The molecule has 0 spiro atoms. The molecule has 0 saturated heterocycles. The van der Waals surface area contributed by atoms with Gasteiger partial charge in [0.1, 0.15) is 11.5 Å². The number of carbonyl (C=O) groups is 1. The number of nitrogens with two attached hydrogens (primary N) is 1. The summed E-state index contributed by atoms with van der Waals surface area (Å²) in [5.74, 6) is 0.703. The quantitative estimate of drug-likeness (QED) is 0.786. The van der Waals surface area contributed by atoms with Gasteiger partial charge in [-0.1, -0.05) is 0 Å². The summed E-state index contributed by atoms with van der Waals surface area (Å²) in [6, 6.07) is 7.19. The first-order chi connectivity index (χ1) is 9.65. The molecule has 0 atom stereocenters. The van der Waals surface area contributed by atoms with Crippen LogP contribution in [0.15, 0.2) is 47.3 Å². The van der Waals surface area contributed by atoms with Crippen molar-refractivity contribution < 1.29 is 9.21 Å². The zero-order valence-corrected chi connectivity index (χ0v) is 10.8. The minimum Gasteiger partial charge on any atom is -0.460 e. The van der Waals surface area contributed by atoms with E-state index in [4.69, 9.17) is 10.2 Å². The fourth-order valence-electron chi connectivity index (χ4n) is 1.92. The summed E-state index contributed by atoms with van der Waals surface area (Å²) in [6.45, 7) is 1.82. The van der Waals surface area contributed by atoms with Crippen LogP contribution in [0.25, 0.3) is 17.1 Å². The summed E-state index contributed by atoms with van der Waals surface area (Å²) in [4.78, 5) is 15.6. The van der Waals surface area contributed by atoms with Crippen molar-refractivity contribution in [1.29, 1.82) is 0 Å². The second kappa shape index (κ2) is 4.65. The molecule has 6 heteroatoms. The van der Waals surface area contributed by atoms with Gasteiger partial charge >= 0.3 is 0 Å². The van der Waals surface area contributed by atoms with Gasteiger partial charge in [0.15, 0.2) is 5.76 Å². The standard InChI is InChI=1S/C14H12N4O2/c1-9-4-5-12(20-9)13-11(14(15)19)8-18(17-13)10-3-2-6-16-7-10/h2-8H,1H3,(H2,15,19). The van der Waals surface area contributed by atoms with Crippen LogP contribution in [0.1, 0.15) is 16.1 Å². The molecule has 0 aliphatic rings. The highest BCUT2D eigenvalue weighted by Crippen LogP contribution is 2.25. The van der Waals surface area contributed by atoms with Gasteiger partial charge in [-0.05, 0) is 31.2 Å². The number of amides is 1. The molecule has 1 amide bonds. The van der Waals surface area contributed by atoms with Crippen molar-refractivity contribution in [1.82, 2.24) is 14.8 Å². The second-order valence-electron chi connectivity index (χ2n) is 4.32. The lowest BCUT2D eigenvalue weighted by atomic mass is 10.2. The molecule has 0 aromatic carbocycles. The Balaban J connectivity index is 2.15. The molecule has 0 saturated carbocycles. The van der Waals surface area contributed by atoms with Gasteiger partial charge in [-0.25, -0.2) is 4.68 Å². The number of carbonyl (C=O) groups excluding carboxylic acids is 1. The van der Waals surface area contributed by atoms with E-state index in [-0.39, 0.29) is 0 Å². The van der Waals surface area contributed by atoms with Gasteiger partial charge in [0.2, 0.25) is 0 Å². The third kappa shape index (κ3) is 2.07. The molecule has 3 aromatic rings. The van der Waals surface area contributed by atoms with Crippen LogP contribution in [-0.4, -0.2) is 20.7 Å². The number of aryl methyl sites for hydroxylation is 1. The van der Waals surface area contributed by atoms with Crippen LogP contribution in [0, 0.1) is 6.92 Å². The lowest BCUT2D eigenvalue weighted by molar-refractivity contribution is 0.100. The monoisotopic (exact) mass is 268 g/mol. The zero-order chi connectivity index (χ0) is 14.1. The lowest BCUT2D eigenvalue weighted by Gasteiger charge is -1.98. The van der Waals surface area contributed by atoms with Crippen molar-refractivity contribution in [2.24, 2.45) is 5.73 Å². The number of primary amides is 1. The summed E-state index contributed by atoms with van der Waals surface area (Å²) in [7, 11) is 0. The fourth-order valence-corrected chi connectivity index (χ4v) is 1.92. The van der Waals surface area contributed by atoms with Gasteiger partial charge in [-0.15, -0.1) is 0 Å². The van der Waals surface area contributed by atoms with E-state index in [0.717, 1.165) is 11.4 Å². The molecule has 2 N–H and O–H groups in total. The Morgan fingerprint density at radius 1 is 1.35 bits per heavy atom. The lowest BCUT2D eigenvalue weighted by Crippen LogP contribution is -2.11. The Hall–Kier alpha value is -2.89. The Morgan fingerprint density at radius 2 is 2.20 bits per heavy atom. The maximum absolute atomic E-state index is 11.6. The van der Waals surface area contributed by atoms with Crippen LogP contribution in [0.5, 0.6) is 0 Å². The minimum absolute atomic E-state index is 0.309. The third-order valence-electron chi connectivity index (χ3n) is 2.86. The Kier molecular flexibility index (Phi) is 2.83. The number of nitrogens with zero attached hydrogens (tertiary/aromatic N) is 3. The normalized spacial score (nSPS) is 10.7. The molecular weight excluding hydrogens is 256 g/mol. The van der Waals surface area contributed by atoms with E-state index < -0.39 is 5.91 Å². The minimum atomic E-state index is -0.552. The first-order valence-corrected chi connectivity index (χ1v) is 6.02. The molecule has 0 aliphatic carbocycles. The summed E-state index contributed by atoms with van der Waals surface area (Å²) in [5, 5.41) is 4.37. The van der Waals surface area contributed by atoms with Crippen LogP contribution >= 0.6 is 0 Å². The Labute approximate surface area is 114 Å². The molecular formula is C14H12N4O2. The van der Waals surface area contributed by atoms with E-state index in [0.29, 0.717) is 17.0 Å². The number of pyridine rings is 1. The van der Waals surface area contributed by atoms with Crippen molar-refractivity contribution in [3.63, 3.8) is 0 Å². The third-order valence-corrected chi connectivity index (χ3v) is 2.86. The summed E-state index contributed by atoms with van der Waals surface area (Å²) >= 11 is 0. The Morgan fingerprint density at radius 3 is 2.80 bits per heavy atom. The van der Waals surface area contributed by atoms with Crippen molar-refractivity contribution in [3.05, 3.63) is 54.2 Å². The van der Waals surface area contributed by atoms with E-state index in [1.165, 1.54) is 0 Å². The van der Waals surface area contributed by atoms with Gasteiger partial charge in [-0.3, -0.25) is 9.78 Å². The highest BCUT2D eigenvalue weighted by Gasteiger charge is 2.18. The molecule has 3 heterocycles. The molecule has 0 unspecified atom stereocenters. The average molecular weight is 268 g/mol. The molecule has 20 heavy (non-hydrogen) atoms. The van der Waals surface area contributed by atoms with Crippen LogP contribution < -0.4 is 5.73 Å². The number of aromatic nitrogens is 3. The number of hydrogen-bond donors (Lipinski definition) is 1. The molecule has 100 valence electrons. The van der Waals surface area contributed by atoms with Crippen molar-refractivity contribution in [2.75, 3.05) is 0 Å². The first-order valence-electron chi connectivity index (χ1n) is 6.02. The highest BCUT2D eigenvalue weighted by molar-refractivity contribution is 5.98. The van der Waals surface area contributed by atoms with Crippen molar-refractivity contribution in [3.8, 4) is 17.1 Å². The topological polar surface area (TPSA) is 86.9 Å². The van der Waals surface area contributed by atoms with Crippen LogP contribution in [0.3, 0.4) is 0 Å². The number of rotatable bonds is 3. The van der Waals surface area contributed by atoms with E-state index >= 15 is 0 Å². The maximum atomic E-state index is 11.6. The summed E-state index contributed by atoms with van der Waals surface area (Å²) < 4.78 is 7.07. The summed E-state index contributed by atoms with van der Waals surface area (Å²) in [5.41, 5.74) is 6.87. The average Bonchev–Trinajstić information content (AvgIpc) is 3.05. The highest BCUT2D eigenvalue weighted by atomic mass is 16.3. The number of hydrogen-bond acceptors (Lipinski definition) is 4. The second-order valence-corrected chi connectivity index (χ2v) is 4.32. The van der Waals surface area contributed by atoms with Crippen LogP contribution in [-0.2, 0) is 0 Å². The molecule has 6 nitrogen and oxygen atoms in total.